The second-order valence-corrected chi connectivity index (χ2v) is 10.4. The summed E-state index contributed by atoms with van der Waals surface area (Å²) in [6.45, 7) is 2.40. The number of rotatable bonds is 4. The predicted molar refractivity (Wildman–Crippen MR) is 127 cm³/mol. The third-order valence-electron chi connectivity index (χ3n) is 6.10. The van der Waals surface area contributed by atoms with Gasteiger partial charge in [0.25, 0.3) is 0 Å². The molecule has 3 aromatic carbocycles. The second kappa shape index (κ2) is 7.96. The molecular weight excluding hydrogens is 444 g/mol. The molecule has 32 heavy (non-hydrogen) atoms. The van der Waals surface area contributed by atoms with Crippen molar-refractivity contribution in [3.05, 3.63) is 94.1 Å². The van der Waals surface area contributed by atoms with E-state index in [9.17, 15) is 8.42 Å². The van der Waals surface area contributed by atoms with Crippen molar-refractivity contribution in [3.63, 3.8) is 0 Å². The fourth-order valence-electron chi connectivity index (χ4n) is 4.46. The summed E-state index contributed by atoms with van der Waals surface area (Å²) in [5.41, 5.74) is 5.02. The molecule has 0 saturated carbocycles. The van der Waals surface area contributed by atoms with Crippen LogP contribution in [0.1, 0.15) is 28.4 Å². The third kappa shape index (κ3) is 3.48. The molecule has 0 bridgehead atoms. The zero-order chi connectivity index (χ0) is 22.5. The zero-order valence-corrected chi connectivity index (χ0v) is 19.4. The highest BCUT2D eigenvalue weighted by Gasteiger charge is 2.39. The van der Waals surface area contributed by atoms with E-state index in [-0.39, 0.29) is 4.90 Å². The fraction of sp³-hybridized carbons (Fsp3) is 0.200. The standard InChI is InChI=1S/C25H23ClN2O3S/c1-16-3-5-17(6-4-16)25-24-21(22-15-18(26)7-12-23(22)27-24)13-14-28(25)32(29,30)20-10-8-19(31-2)9-11-20/h3-12,15,25,27H,13-14H2,1-2H3/t25-/m1/s1. The maximum absolute atomic E-state index is 13.8. The first-order chi connectivity index (χ1) is 15.4. The van der Waals surface area contributed by atoms with E-state index in [1.54, 1.807) is 35.7 Å². The van der Waals surface area contributed by atoms with Gasteiger partial charge in [-0.05, 0) is 66.9 Å². The van der Waals surface area contributed by atoms with Gasteiger partial charge in [-0.15, -0.1) is 0 Å². The average Bonchev–Trinajstić information content (AvgIpc) is 3.17. The fourth-order valence-corrected chi connectivity index (χ4v) is 6.22. The van der Waals surface area contributed by atoms with Crippen molar-refractivity contribution >= 4 is 32.5 Å². The Bertz CT molecular complexity index is 1390. The highest BCUT2D eigenvalue weighted by molar-refractivity contribution is 7.89. The van der Waals surface area contributed by atoms with Crippen molar-refractivity contribution in [3.8, 4) is 5.75 Å². The molecule has 5 rings (SSSR count). The van der Waals surface area contributed by atoms with Gasteiger partial charge in [-0.3, -0.25) is 0 Å². The molecule has 1 atom stereocenters. The molecule has 1 aromatic heterocycles. The van der Waals surface area contributed by atoms with Gasteiger partial charge in [0, 0.05) is 28.2 Å². The minimum Gasteiger partial charge on any atom is -0.497 e. The Kier molecular flexibility index (Phi) is 5.24. The van der Waals surface area contributed by atoms with E-state index in [1.807, 2.05) is 49.4 Å². The first kappa shape index (κ1) is 21.1. The van der Waals surface area contributed by atoms with Crippen LogP contribution < -0.4 is 4.74 Å². The zero-order valence-electron chi connectivity index (χ0n) is 17.8. The maximum atomic E-state index is 13.8. The number of methoxy groups -OCH3 is 1. The molecule has 0 unspecified atom stereocenters. The summed E-state index contributed by atoms with van der Waals surface area (Å²) in [4.78, 5) is 3.74. The molecule has 7 heteroatoms. The lowest BCUT2D eigenvalue weighted by Gasteiger charge is -2.35. The molecule has 4 aromatic rings. The van der Waals surface area contributed by atoms with E-state index in [0.717, 1.165) is 33.3 Å². The topological polar surface area (TPSA) is 62.4 Å². The molecular formula is C25H23ClN2O3S. The summed E-state index contributed by atoms with van der Waals surface area (Å²) in [6.07, 6.45) is 0.605. The largest absolute Gasteiger partial charge is 0.497 e. The summed E-state index contributed by atoms with van der Waals surface area (Å²) in [5, 5.41) is 1.71. The van der Waals surface area contributed by atoms with E-state index < -0.39 is 16.1 Å². The van der Waals surface area contributed by atoms with E-state index in [2.05, 4.69) is 4.98 Å². The number of benzene rings is 3. The summed E-state index contributed by atoms with van der Waals surface area (Å²) in [7, 11) is -2.19. The van der Waals surface area contributed by atoms with Gasteiger partial charge in [0.05, 0.1) is 18.0 Å². The number of sulfonamides is 1. The molecule has 5 nitrogen and oxygen atoms in total. The van der Waals surface area contributed by atoms with Crippen LogP contribution in [-0.4, -0.2) is 31.4 Å². The quantitative estimate of drug-likeness (QED) is 0.433. The number of aromatic amines is 1. The number of H-pyrrole nitrogens is 1. The average molecular weight is 467 g/mol. The van der Waals surface area contributed by atoms with Gasteiger partial charge >= 0.3 is 0 Å². The third-order valence-corrected chi connectivity index (χ3v) is 8.22. The van der Waals surface area contributed by atoms with Crippen LogP contribution in [0.4, 0.5) is 0 Å². The lowest BCUT2D eigenvalue weighted by molar-refractivity contribution is 0.340. The highest BCUT2D eigenvalue weighted by Crippen LogP contribution is 2.41. The van der Waals surface area contributed by atoms with Crippen LogP contribution in [0, 0.1) is 6.92 Å². The normalized spacial score (nSPS) is 16.8. The number of halogens is 1. The number of hydrogen-bond donors (Lipinski definition) is 1. The summed E-state index contributed by atoms with van der Waals surface area (Å²) in [5.74, 6) is 0.618. The Morgan fingerprint density at radius 3 is 2.44 bits per heavy atom. The van der Waals surface area contributed by atoms with Crippen molar-refractivity contribution in [2.24, 2.45) is 0 Å². The van der Waals surface area contributed by atoms with Crippen LogP contribution in [-0.2, 0) is 16.4 Å². The first-order valence-corrected chi connectivity index (χ1v) is 12.2. The molecule has 1 aliphatic rings. The van der Waals surface area contributed by atoms with Gasteiger partial charge in [0.2, 0.25) is 10.0 Å². The molecule has 0 aliphatic carbocycles. The van der Waals surface area contributed by atoms with Gasteiger partial charge < -0.3 is 9.72 Å². The van der Waals surface area contributed by atoms with Crippen LogP contribution in [0.25, 0.3) is 10.9 Å². The Balaban J connectivity index is 1.68. The van der Waals surface area contributed by atoms with Crippen molar-refractivity contribution in [2.75, 3.05) is 13.7 Å². The molecule has 1 aliphatic heterocycles. The predicted octanol–water partition coefficient (Wildman–Crippen LogP) is 5.47. The smallest absolute Gasteiger partial charge is 0.244 e. The van der Waals surface area contributed by atoms with E-state index in [4.69, 9.17) is 16.3 Å². The Morgan fingerprint density at radius 1 is 1.03 bits per heavy atom. The number of nitrogens with one attached hydrogen (secondary N) is 1. The van der Waals surface area contributed by atoms with Crippen LogP contribution in [0.3, 0.4) is 0 Å². The van der Waals surface area contributed by atoms with Gasteiger partial charge in [0.1, 0.15) is 5.75 Å². The van der Waals surface area contributed by atoms with E-state index in [1.165, 1.54) is 0 Å². The molecule has 164 valence electrons. The minimum absolute atomic E-state index is 0.248. The van der Waals surface area contributed by atoms with Gasteiger partial charge in [-0.1, -0.05) is 41.4 Å². The van der Waals surface area contributed by atoms with E-state index in [0.29, 0.717) is 23.7 Å². The minimum atomic E-state index is -3.75. The van der Waals surface area contributed by atoms with Crippen molar-refractivity contribution in [2.45, 2.75) is 24.3 Å². The maximum Gasteiger partial charge on any atom is 0.244 e. The second-order valence-electron chi connectivity index (χ2n) is 8.06. The lowest BCUT2D eigenvalue weighted by Crippen LogP contribution is -2.40. The number of nitrogens with zero attached hydrogens (tertiary/aromatic N) is 1. The Morgan fingerprint density at radius 2 is 1.75 bits per heavy atom. The molecule has 0 radical (unpaired) electrons. The first-order valence-electron chi connectivity index (χ1n) is 10.4. The number of aromatic nitrogens is 1. The summed E-state index contributed by atoms with van der Waals surface area (Å²) in [6, 6.07) is 19.9. The van der Waals surface area contributed by atoms with Crippen LogP contribution in [0.15, 0.2) is 71.6 Å². The van der Waals surface area contributed by atoms with Crippen LogP contribution >= 0.6 is 11.6 Å². The van der Waals surface area contributed by atoms with Crippen molar-refractivity contribution < 1.29 is 13.2 Å². The number of ether oxygens (including phenoxy) is 1. The number of fused-ring (bicyclic) bond motifs is 3. The molecule has 0 saturated heterocycles. The van der Waals surface area contributed by atoms with Crippen molar-refractivity contribution in [1.82, 2.24) is 9.29 Å². The molecule has 0 spiro atoms. The van der Waals surface area contributed by atoms with Crippen molar-refractivity contribution in [1.29, 1.82) is 0 Å². The summed E-state index contributed by atoms with van der Waals surface area (Å²) >= 11 is 6.26. The highest BCUT2D eigenvalue weighted by atomic mass is 35.5. The molecule has 0 amide bonds. The molecule has 2 heterocycles. The van der Waals surface area contributed by atoms with Gasteiger partial charge in [-0.25, -0.2) is 8.42 Å². The van der Waals surface area contributed by atoms with Crippen LogP contribution in [0.2, 0.25) is 5.02 Å². The number of hydrogen-bond acceptors (Lipinski definition) is 3. The van der Waals surface area contributed by atoms with Crippen LogP contribution in [0.5, 0.6) is 5.75 Å². The SMILES string of the molecule is COc1ccc(S(=O)(=O)N2CCc3c([nH]c4ccc(Cl)cc34)[C@H]2c2ccc(C)cc2)cc1. The van der Waals surface area contributed by atoms with E-state index >= 15 is 0 Å². The Labute approximate surface area is 192 Å². The lowest BCUT2D eigenvalue weighted by atomic mass is 9.94. The molecule has 0 fully saturated rings. The van der Waals surface area contributed by atoms with Gasteiger partial charge in [0.15, 0.2) is 0 Å². The Hall–Kier alpha value is -2.80. The van der Waals surface area contributed by atoms with Gasteiger partial charge in [-0.2, -0.15) is 4.31 Å². The molecule has 1 N–H and O–H groups in total. The summed E-state index contributed by atoms with van der Waals surface area (Å²) < 4.78 is 34.3. The number of aryl methyl sites for hydroxylation is 1. The monoisotopic (exact) mass is 466 g/mol.